The van der Waals surface area contributed by atoms with E-state index in [1.807, 2.05) is 24.3 Å². The summed E-state index contributed by atoms with van der Waals surface area (Å²) in [4.78, 5) is 21.3. The summed E-state index contributed by atoms with van der Waals surface area (Å²) >= 11 is 0. The van der Waals surface area contributed by atoms with Crippen molar-refractivity contribution in [3.05, 3.63) is 65.4 Å². The standard InChI is InChI=1S/C25H29N3O2/c1-30-20-10-8-18(9-11-20)25(29)7-4-12-27-13-14-28-17-24-22(15-19(28)16-27)21-5-2-3-6-23(21)26-24/h2-3,5-6,8-11,19,26H,4,7,12-17H2,1H3. The van der Waals surface area contributed by atoms with Crippen molar-refractivity contribution in [1.82, 2.24) is 14.8 Å². The first kappa shape index (κ1) is 19.3. The Morgan fingerprint density at radius 1 is 1.13 bits per heavy atom. The monoisotopic (exact) mass is 403 g/mol. The van der Waals surface area contributed by atoms with Crippen LogP contribution in [0.3, 0.4) is 0 Å². The molecule has 156 valence electrons. The van der Waals surface area contributed by atoms with Crippen molar-refractivity contribution in [3.8, 4) is 5.75 Å². The van der Waals surface area contributed by atoms with E-state index in [-0.39, 0.29) is 5.78 Å². The lowest BCUT2D eigenvalue weighted by atomic mass is 9.94. The van der Waals surface area contributed by atoms with E-state index in [4.69, 9.17) is 4.74 Å². The number of methoxy groups -OCH3 is 1. The Kier molecular flexibility index (Phi) is 5.32. The number of aromatic amines is 1. The summed E-state index contributed by atoms with van der Waals surface area (Å²) in [6, 6.07) is 16.7. The molecule has 1 fully saturated rings. The average Bonchev–Trinajstić information content (AvgIpc) is 3.15. The quantitative estimate of drug-likeness (QED) is 0.635. The van der Waals surface area contributed by atoms with Crippen LogP contribution in [-0.4, -0.2) is 59.9 Å². The van der Waals surface area contributed by atoms with Crippen molar-refractivity contribution < 1.29 is 9.53 Å². The fourth-order valence-corrected chi connectivity index (χ4v) is 5.01. The van der Waals surface area contributed by atoms with Crippen LogP contribution in [-0.2, 0) is 13.0 Å². The molecule has 0 aliphatic carbocycles. The third-order valence-electron chi connectivity index (χ3n) is 6.68. The number of para-hydroxylation sites is 1. The zero-order valence-corrected chi connectivity index (χ0v) is 17.6. The summed E-state index contributed by atoms with van der Waals surface area (Å²) in [6.07, 6.45) is 2.63. The lowest BCUT2D eigenvalue weighted by Crippen LogP contribution is -2.55. The van der Waals surface area contributed by atoms with Crippen molar-refractivity contribution in [3.63, 3.8) is 0 Å². The van der Waals surface area contributed by atoms with E-state index in [2.05, 4.69) is 39.0 Å². The van der Waals surface area contributed by atoms with Crippen LogP contribution in [0.1, 0.15) is 34.5 Å². The predicted molar refractivity (Wildman–Crippen MR) is 119 cm³/mol. The van der Waals surface area contributed by atoms with Gasteiger partial charge in [-0.1, -0.05) is 18.2 Å². The molecule has 0 radical (unpaired) electrons. The van der Waals surface area contributed by atoms with Gasteiger partial charge in [-0.25, -0.2) is 0 Å². The van der Waals surface area contributed by atoms with Crippen LogP contribution >= 0.6 is 0 Å². The van der Waals surface area contributed by atoms with Gasteiger partial charge >= 0.3 is 0 Å². The molecule has 2 aromatic carbocycles. The number of piperazine rings is 1. The summed E-state index contributed by atoms with van der Waals surface area (Å²) in [5, 5.41) is 1.38. The molecular weight excluding hydrogens is 374 g/mol. The number of ether oxygens (including phenoxy) is 1. The van der Waals surface area contributed by atoms with E-state index in [1.165, 1.54) is 22.2 Å². The highest BCUT2D eigenvalue weighted by molar-refractivity contribution is 5.96. The van der Waals surface area contributed by atoms with Crippen LogP contribution in [0, 0.1) is 0 Å². The summed E-state index contributed by atoms with van der Waals surface area (Å²) < 4.78 is 5.17. The van der Waals surface area contributed by atoms with Crippen molar-refractivity contribution in [2.24, 2.45) is 0 Å². The number of benzene rings is 2. The van der Waals surface area contributed by atoms with E-state index in [0.29, 0.717) is 12.5 Å². The third kappa shape index (κ3) is 3.75. The molecule has 30 heavy (non-hydrogen) atoms. The maximum Gasteiger partial charge on any atom is 0.162 e. The molecule has 0 bridgehead atoms. The molecule has 0 spiro atoms. The molecule has 3 heterocycles. The van der Waals surface area contributed by atoms with Gasteiger partial charge in [-0.05, 0) is 55.3 Å². The summed E-state index contributed by atoms with van der Waals surface area (Å²) in [7, 11) is 1.64. The number of fused-ring (bicyclic) bond motifs is 4. The molecule has 2 aliphatic rings. The summed E-state index contributed by atoms with van der Waals surface area (Å²) in [5.41, 5.74) is 4.94. The largest absolute Gasteiger partial charge is 0.497 e. The predicted octanol–water partition coefficient (Wildman–Crippen LogP) is 3.88. The van der Waals surface area contributed by atoms with Gasteiger partial charge in [0.05, 0.1) is 7.11 Å². The third-order valence-corrected chi connectivity index (χ3v) is 6.68. The van der Waals surface area contributed by atoms with Crippen molar-refractivity contribution in [1.29, 1.82) is 0 Å². The minimum Gasteiger partial charge on any atom is -0.497 e. The van der Waals surface area contributed by atoms with E-state index in [1.54, 1.807) is 7.11 Å². The first-order valence-electron chi connectivity index (χ1n) is 10.9. The number of carbonyl (C=O) groups excluding carboxylic acids is 1. The van der Waals surface area contributed by atoms with Crippen LogP contribution in [0.5, 0.6) is 5.75 Å². The number of aromatic nitrogens is 1. The molecule has 1 saturated heterocycles. The zero-order valence-electron chi connectivity index (χ0n) is 17.6. The topological polar surface area (TPSA) is 48.6 Å². The van der Waals surface area contributed by atoms with Gasteiger partial charge in [0.25, 0.3) is 0 Å². The Balaban J connectivity index is 1.16. The molecule has 1 N–H and O–H groups in total. The van der Waals surface area contributed by atoms with Crippen LogP contribution in [0.25, 0.3) is 10.9 Å². The first-order chi connectivity index (χ1) is 14.7. The zero-order chi connectivity index (χ0) is 20.5. The molecule has 0 saturated carbocycles. The smallest absolute Gasteiger partial charge is 0.162 e. The Morgan fingerprint density at radius 2 is 1.97 bits per heavy atom. The van der Waals surface area contributed by atoms with Crippen LogP contribution < -0.4 is 4.74 Å². The molecule has 1 aromatic heterocycles. The van der Waals surface area contributed by atoms with Gasteiger partial charge in [-0.15, -0.1) is 0 Å². The molecule has 5 nitrogen and oxygen atoms in total. The minimum atomic E-state index is 0.220. The van der Waals surface area contributed by atoms with Crippen LogP contribution in [0.4, 0.5) is 0 Å². The van der Waals surface area contributed by atoms with Gasteiger partial charge in [-0.3, -0.25) is 9.69 Å². The Morgan fingerprint density at radius 3 is 2.80 bits per heavy atom. The number of rotatable bonds is 6. The van der Waals surface area contributed by atoms with E-state index >= 15 is 0 Å². The number of nitrogens with zero attached hydrogens (tertiary/aromatic N) is 2. The lowest BCUT2D eigenvalue weighted by molar-refractivity contribution is 0.0588. The highest BCUT2D eigenvalue weighted by atomic mass is 16.5. The molecule has 3 aromatic rings. The van der Waals surface area contributed by atoms with Gasteiger partial charge in [0.1, 0.15) is 5.75 Å². The molecule has 0 amide bonds. The Hall–Kier alpha value is -2.63. The second-order valence-electron chi connectivity index (χ2n) is 8.51. The van der Waals surface area contributed by atoms with Gasteiger partial charge in [-0.2, -0.15) is 0 Å². The Bertz CT molecular complexity index is 1040. The molecule has 1 atom stereocenters. The number of Topliss-reactive ketones (excluding diaryl/α,β-unsaturated/α-hetero) is 1. The molecular formula is C25H29N3O2. The second-order valence-corrected chi connectivity index (χ2v) is 8.51. The molecule has 5 rings (SSSR count). The van der Waals surface area contributed by atoms with Crippen molar-refractivity contribution in [2.75, 3.05) is 33.3 Å². The second kappa shape index (κ2) is 8.25. The van der Waals surface area contributed by atoms with Gasteiger partial charge < -0.3 is 14.6 Å². The van der Waals surface area contributed by atoms with E-state index in [0.717, 1.165) is 56.9 Å². The van der Waals surface area contributed by atoms with Crippen molar-refractivity contribution in [2.45, 2.75) is 31.8 Å². The van der Waals surface area contributed by atoms with Gasteiger partial charge in [0.15, 0.2) is 5.78 Å². The highest BCUT2D eigenvalue weighted by Gasteiger charge is 2.33. The summed E-state index contributed by atoms with van der Waals surface area (Å²) in [5.74, 6) is 1.01. The Labute approximate surface area is 177 Å². The maximum atomic E-state index is 12.5. The maximum absolute atomic E-state index is 12.5. The molecule has 5 heteroatoms. The number of carbonyl (C=O) groups is 1. The first-order valence-corrected chi connectivity index (χ1v) is 10.9. The van der Waals surface area contributed by atoms with Crippen LogP contribution in [0.15, 0.2) is 48.5 Å². The fourth-order valence-electron chi connectivity index (χ4n) is 5.01. The normalized spacial score (nSPS) is 19.4. The number of hydrogen-bond acceptors (Lipinski definition) is 4. The number of ketones is 1. The minimum absolute atomic E-state index is 0.220. The fraction of sp³-hybridized carbons (Fsp3) is 0.400. The SMILES string of the molecule is COc1ccc(C(=O)CCCN2CCN3Cc4[nH]c5ccccc5c4CC3C2)cc1. The molecule has 2 aliphatic heterocycles. The van der Waals surface area contributed by atoms with E-state index < -0.39 is 0 Å². The lowest BCUT2D eigenvalue weighted by Gasteiger charge is -2.44. The number of hydrogen-bond donors (Lipinski definition) is 1. The van der Waals surface area contributed by atoms with Gasteiger partial charge in [0.2, 0.25) is 0 Å². The number of H-pyrrole nitrogens is 1. The van der Waals surface area contributed by atoms with Gasteiger partial charge in [0, 0.05) is 60.8 Å². The summed E-state index contributed by atoms with van der Waals surface area (Å²) in [6.45, 7) is 5.30. The highest BCUT2D eigenvalue weighted by Crippen LogP contribution is 2.31. The molecule has 1 unspecified atom stereocenters. The van der Waals surface area contributed by atoms with Crippen molar-refractivity contribution >= 4 is 16.7 Å². The average molecular weight is 404 g/mol. The van der Waals surface area contributed by atoms with E-state index in [9.17, 15) is 4.79 Å². The van der Waals surface area contributed by atoms with Crippen LogP contribution in [0.2, 0.25) is 0 Å². The number of nitrogens with one attached hydrogen (secondary N) is 1.